The lowest BCUT2D eigenvalue weighted by Gasteiger charge is -2.28. The molecule has 1 aliphatic heterocycles. The molecule has 0 bridgehead atoms. The van der Waals surface area contributed by atoms with Crippen LogP contribution in [0.4, 0.5) is 5.69 Å². The maximum Gasteiger partial charge on any atom is 0.235 e. The molecule has 1 aromatic carbocycles. The van der Waals surface area contributed by atoms with Gasteiger partial charge in [-0.1, -0.05) is 6.07 Å². The van der Waals surface area contributed by atoms with Gasteiger partial charge in [0.05, 0.1) is 11.4 Å². The number of nitrogens with two attached hydrogens (primary N) is 1. The third-order valence-corrected chi connectivity index (χ3v) is 4.71. The molecule has 0 unspecified atom stereocenters. The highest BCUT2D eigenvalue weighted by atomic mass is 32.2. The second-order valence-corrected chi connectivity index (χ2v) is 6.24. The van der Waals surface area contributed by atoms with Gasteiger partial charge in [0, 0.05) is 19.2 Å². The van der Waals surface area contributed by atoms with Gasteiger partial charge < -0.3 is 10.5 Å². The molecule has 1 aromatic rings. The van der Waals surface area contributed by atoms with Crippen molar-refractivity contribution in [2.24, 2.45) is 5.73 Å². The highest BCUT2D eigenvalue weighted by Gasteiger charge is 2.26. The third kappa shape index (κ3) is 2.94. The van der Waals surface area contributed by atoms with Crippen LogP contribution in [0.25, 0.3) is 0 Å². The Balaban J connectivity index is 2.21. The quantitative estimate of drug-likeness (QED) is 0.884. The van der Waals surface area contributed by atoms with Gasteiger partial charge >= 0.3 is 0 Å². The zero-order chi connectivity index (χ0) is 13.0. The largest absolute Gasteiger partial charge is 0.492 e. The minimum atomic E-state index is -3.16. The number of hydrogen-bond donors (Lipinski definition) is 1. The summed E-state index contributed by atoms with van der Waals surface area (Å²) in [5.74, 6) is 0.875. The third-order valence-electron chi connectivity index (χ3n) is 2.84. The number of anilines is 1. The Hall–Kier alpha value is -1.27. The summed E-state index contributed by atoms with van der Waals surface area (Å²) in [6, 6.07) is 7.14. The number of benzene rings is 1. The molecule has 0 atom stereocenters. The summed E-state index contributed by atoms with van der Waals surface area (Å²) < 4.78 is 30.8. The van der Waals surface area contributed by atoms with Crippen molar-refractivity contribution in [3.63, 3.8) is 0 Å². The van der Waals surface area contributed by atoms with E-state index in [9.17, 15) is 8.42 Å². The summed E-state index contributed by atoms with van der Waals surface area (Å²) in [7, 11) is -3.16. The van der Waals surface area contributed by atoms with E-state index in [-0.39, 0.29) is 5.75 Å². The van der Waals surface area contributed by atoms with Crippen LogP contribution in [0.3, 0.4) is 0 Å². The van der Waals surface area contributed by atoms with E-state index in [2.05, 4.69) is 0 Å². The molecule has 1 aliphatic rings. The van der Waals surface area contributed by atoms with E-state index in [1.165, 1.54) is 4.31 Å². The zero-order valence-corrected chi connectivity index (χ0v) is 11.0. The maximum absolute atomic E-state index is 12.0. The van der Waals surface area contributed by atoms with E-state index in [0.29, 0.717) is 31.1 Å². The molecule has 0 radical (unpaired) electrons. The Morgan fingerprint density at radius 2 is 2.17 bits per heavy atom. The molecule has 0 spiro atoms. The lowest BCUT2D eigenvalue weighted by molar-refractivity contribution is 0.328. The van der Waals surface area contributed by atoms with Gasteiger partial charge in [-0.25, -0.2) is 8.42 Å². The Kier molecular flexibility index (Phi) is 4.08. The average Bonchev–Trinajstić information content (AvgIpc) is 2.36. The number of nitrogens with zero attached hydrogens (tertiary/aromatic N) is 1. The van der Waals surface area contributed by atoms with E-state index in [0.717, 1.165) is 12.8 Å². The molecule has 1 fully saturated rings. The fourth-order valence-electron chi connectivity index (χ4n) is 1.98. The lowest BCUT2D eigenvalue weighted by Crippen LogP contribution is -2.37. The first-order valence-electron chi connectivity index (χ1n) is 6.07. The van der Waals surface area contributed by atoms with E-state index in [1.54, 1.807) is 24.3 Å². The number of ether oxygens (including phenoxy) is 1. The van der Waals surface area contributed by atoms with Crippen molar-refractivity contribution in [2.75, 3.05) is 29.8 Å². The van der Waals surface area contributed by atoms with Crippen LogP contribution in [0, 0.1) is 0 Å². The van der Waals surface area contributed by atoms with Crippen molar-refractivity contribution in [1.82, 2.24) is 0 Å². The normalized spacial score (nSPS) is 18.6. The van der Waals surface area contributed by atoms with Gasteiger partial charge in [0.15, 0.2) is 0 Å². The molecular weight excluding hydrogens is 252 g/mol. The number of hydrogen-bond acceptors (Lipinski definition) is 4. The van der Waals surface area contributed by atoms with E-state index < -0.39 is 10.0 Å². The summed E-state index contributed by atoms with van der Waals surface area (Å²) in [4.78, 5) is 0. The van der Waals surface area contributed by atoms with Gasteiger partial charge in [-0.2, -0.15) is 0 Å². The molecule has 0 aromatic heterocycles. The van der Waals surface area contributed by atoms with Crippen molar-refractivity contribution in [3.05, 3.63) is 24.3 Å². The summed E-state index contributed by atoms with van der Waals surface area (Å²) in [6.07, 6.45) is 1.63. The number of rotatable bonds is 4. The second kappa shape index (κ2) is 5.58. The van der Waals surface area contributed by atoms with Crippen LogP contribution in [-0.2, 0) is 10.0 Å². The summed E-state index contributed by atoms with van der Waals surface area (Å²) in [6.45, 7) is 1.41. The number of sulfonamides is 1. The molecule has 1 heterocycles. The molecule has 1 saturated heterocycles. The predicted octanol–water partition coefficient (Wildman–Crippen LogP) is 0.954. The van der Waals surface area contributed by atoms with Gasteiger partial charge in [0.2, 0.25) is 10.0 Å². The fourth-order valence-corrected chi connectivity index (χ4v) is 3.62. The van der Waals surface area contributed by atoms with Crippen LogP contribution in [0.2, 0.25) is 0 Å². The van der Waals surface area contributed by atoms with Crippen LogP contribution in [-0.4, -0.2) is 33.9 Å². The smallest absolute Gasteiger partial charge is 0.235 e. The molecule has 100 valence electrons. The van der Waals surface area contributed by atoms with Crippen molar-refractivity contribution in [3.8, 4) is 5.75 Å². The van der Waals surface area contributed by atoms with Gasteiger partial charge in [-0.3, -0.25) is 4.31 Å². The van der Waals surface area contributed by atoms with Crippen molar-refractivity contribution in [1.29, 1.82) is 0 Å². The fraction of sp³-hybridized carbons (Fsp3) is 0.500. The van der Waals surface area contributed by atoms with Crippen LogP contribution in [0.1, 0.15) is 12.8 Å². The van der Waals surface area contributed by atoms with Gasteiger partial charge in [-0.15, -0.1) is 0 Å². The zero-order valence-electron chi connectivity index (χ0n) is 10.2. The minimum absolute atomic E-state index is 0.223. The Labute approximate surface area is 108 Å². The summed E-state index contributed by atoms with van der Waals surface area (Å²) in [5, 5.41) is 0. The van der Waals surface area contributed by atoms with Crippen molar-refractivity contribution >= 4 is 15.7 Å². The Morgan fingerprint density at radius 3 is 2.89 bits per heavy atom. The van der Waals surface area contributed by atoms with E-state index >= 15 is 0 Å². The molecule has 5 nitrogen and oxygen atoms in total. The van der Waals surface area contributed by atoms with Crippen LogP contribution in [0.15, 0.2) is 24.3 Å². The van der Waals surface area contributed by atoms with E-state index in [4.69, 9.17) is 10.5 Å². The molecule has 2 N–H and O–H groups in total. The second-order valence-electron chi connectivity index (χ2n) is 4.23. The Bertz CT molecular complexity index is 502. The van der Waals surface area contributed by atoms with Crippen molar-refractivity contribution in [2.45, 2.75) is 12.8 Å². The first kappa shape index (κ1) is 13.2. The van der Waals surface area contributed by atoms with Gasteiger partial charge in [0.25, 0.3) is 0 Å². The first-order valence-corrected chi connectivity index (χ1v) is 7.68. The monoisotopic (exact) mass is 270 g/mol. The average molecular weight is 270 g/mol. The molecule has 2 rings (SSSR count). The van der Waals surface area contributed by atoms with E-state index in [1.807, 2.05) is 0 Å². The minimum Gasteiger partial charge on any atom is -0.492 e. The highest BCUT2D eigenvalue weighted by Crippen LogP contribution is 2.26. The first-order chi connectivity index (χ1) is 8.63. The molecule has 0 aliphatic carbocycles. The molecular formula is C12H18N2O3S. The molecule has 6 heteroatoms. The highest BCUT2D eigenvalue weighted by molar-refractivity contribution is 7.92. The topological polar surface area (TPSA) is 72.6 Å². The van der Waals surface area contributed by atoms with Gasteiger partial charge in [-0.05, 0) is 25.0 Å². The predicted molar refractivity (Wildman–Crippen MR) is 71.4 cm³/mol. The Morgan fingerprint density at radius 1 is 1.33 bits per heavy atom. The lowest BCUT2D eigenvalue weighted by atomic mass is 10.2. The summed E-state index contributed by atoms with van der Waals surface area (Å²) in [5.41, 5.74) is 6.04. The molecule has 0 amide bonds. The van der Waals surface area contributed by atoms with Crippen LogP contribution >= 0.6 is 0 Å². The standard InChI is InChI=1S/C12H18N2O3S/c13-6-8-17-12-5-3-4-11(10-12)14-7-1-2-9-18(14,15)16/h3-5,10H,1-2,6-9,13H2. The van der Waals surface area contributed by atoms with Gasteiger partial charge in [0.1, 0.15) is 12.4 Å². The van der Waals surface area contributed by atoms with Crippen LogP contribution < -0.4 is 14.8 Å². The SMILES string of the molecule is NCCOc1cccc(N2CCCCS2(=O)=O)c1. The molecule has 18 heavy (non-hydrogen) atoms. The molecule has 0 saturated carbocycles. The summed E-state index contributed by atoms with van der Waals surface area (Å²) >= 11 is 0. The maximum atomic E-state index is 12.0. The van der Waals surface area contributed by atoms with Crippen LogP contribution in [0.5, 0.6) is 5.75 Å². The van der Waals surface area contributed by atoms with Crippen molar-refractivity contribution < 1.29 is 13.2 Å².